The van der Waals surface area contributed by atoms with Crippen LogP contribution in [0, 0.1) is 23.2 Å². The van der Waals surface area contributed by atoms with Crippen LogP contribution >= 0.6 is 0 Å². The van der Waals surface area contributed by atoms with Gasteiger partial charge in [0.25, 0.3) is 0 Å². The summed E-state index contributed by atoms with van der Waals surface area (Å²) in [7, 11) is 0. The molecule has 2 atom stereocenters. The molecular weight excluding hydrogens is 206 g/mol. The molecule has 17 heavy (non-hydrogen) atoms. The van der Waals surface area contributed by atoms with Gasteiger partial charge in [0.05, 0.1) is 0 Å². The van der Waals surface area contributed by atoms with Crippen LogP contribution in [-0.4, -0.2) is 13.1 Å². The van der Waals surface area contributed by atoms with Gasteiger partial charge >= 0.3 is 0 Å². The summed E-state index contributed by atoms with van der Waals surface area (Å²) in [5.74, 6) is 3.19. The zero-order valence-corrected chi connectivity index (χ0v) is 11.5. The molecule has 98 valence electrons. The Morgan fingerprint density at radius 2 is 1.88 bits per heavy atom. The van der Waals surface area contributed by atoms with E-state index in [2.05, 4.69) is 12.2 Å². The summed E-state index contributed by atoms with van der Waals surface area (Å²) in [6.45, 7) is 5.03. The van der Waals surface area contributed by atoms with Gasteiger partial charge in [-0.25, -0.2) is 0 Å². The minimum Gasteiger partial charge on any atom is -0.316 e. The lowest BCUT2D eigenvalue weighted by Crippen LogP contribution is -2.49. The maximum absolute atomic E-state index is 3.71. The molecule has 1 saturated heterocycles. The highest BCUT2D eigenvalue weighted by Crippen LogP contribution is 2.59. The highest BCUT2D eigenvalue weighted by Gasteiger charge is 2.52. The summed E-state index contributed by atoms with van der Waals surface area (Å²) in [5, 5.41) is 3.71. The lowest BCUT2D eigenvalue weighted by Gasteiger charge is -2.48. The molecule has 3 rings (SSSR count). The van der Waals surface area contributed by atoms with Crippen molar-refractivity contribution < 1.29 is 0 Å². The second-order valence-corrected chi connectivity index (χ2v) is 6.86. The molecule has 0 aromatic rings. The third-order valence-corrected chi connectivity index (χ3v) is 5.94. The van der Waals surface area contributed by atoms with Crippen molar-refractivity contribution in [2.45, 2.75) is 64.7 Å². The molecule has 0 aromatic carbocycles. The standard InChI is InChI=1S/C16H29N/c1-2-9-16(14-7-8-14)10-11-17-12-15(16)13-5-3-4-6-13/h13-15,17H,2-12H2,1H3. The van der Waals surface area contributed by atoms with Gasteiger partial charge in [-0.3, -0.25) is 0 Å². The molecule has 3 fully saturated rings. The van der Waals surface area contributed by atoms with Crippen LogP contribution < -0.4 is 5.32 Å². The van der Waals surface area contributed by atoms with E-state index in [4.69, 9.17) is 0 Å². The van der Waals surface area contributed by atoms with Gasteiger partial charge in [-0.2, -0.15) is 0 Å². The molecule has 0 spiro atoms. The smallest absolute Gasteiger partial charge is 0.00124 e. The van der Waals surface area contributed by atoms with E-state index >= 15 is 0 Å². The molecule has 0 aromatic heterocycles. The van der Waals surface area contributed by atoms with E-state index in [0.717, 1.165) is 23.2 Å². The Morgan fingerprint density at radius 1 is 1.12 bits per heavy atom. The van der Waals surface area contributed by atoms with Crippen molar-refractivity contribution in [1.29, 1.82) is 0 Å². The van der Waals surface area contributed by atoms with Crippen LogP contribution in [-0.2, 0) is 0 Å². The predicted octanol–water partition coefficient (Wildman–Crippen LogP) is 3.98. The van der Waals surface area contributed by atoms with Crippen molar-refractivity contribution in [1.82, 2.24) is 5.32 Å². The second kappa shape index (κ2) is 4.91. The fourth-order valence-electron chi connectivity index (χ4n) is 5.11. The summed E-state index contributed by atoms with van der Waals surface area (Å²) in [6, 6.07) is 0. The molecule has 2 unspecified atom stereocenters. The zero-order chi connectivity index (χ0) is 11.7. The van der Waals surface area contributed by atoms with Gasteiger partial charge in [-0.05, 0) is 61.9 Å². The predicted molar refractivity (Wildman–Crippen MR) is 73.0 cm³/mol. The zero-order valence-electron chi connectivity index (χ0n) is 11.5. The Labute approximate surface area is 107 Å². The summed E-state index contributed by atoms with van der Waals surface area (Å²) < 4.78 is 0. The molecule has 1 heterocycles. The first kappa shape index (κ1) is 12.0. The van der Waals surface area contributed by atoms with Crippen LogP contribution in [0.3, 0.4) is 0 Å². The van der Waals surface area contributed by atoms with E-state index in [1.807, 2.05) is 0 Å². The van der Waals surface area contributed by atoms with Crippen LogP contribution in [0.15, 0.2) is 0 Å². The van der Waals surface area contributed by atoms with Crippen LogP contribution in [0.5, 0.6) is 0 Å². The molecule has 2 aliphatic carbocycles. The summed E-state index contributed by atoms with van der Waals surface area (Å²) >= 11 is 0. The number of hydrogen-bond donors (Lipinski definition) is 1. The van der Waals surface area contributed by atoms with Crippen molar-refractivity contribution in [2.75, 3.05) is 13.1 Å². The molecule has 0 radical (unpaired) electrons. The molecular formula is C16H29N. The Bertz CT molecular complexity index is 248. The molecule has 2 saturated carbocycles. The van der Waals surface area contributed by atoms with Gasteiger partial charge in [0, 0.05) is 0 Å². The van der Waals surface area contributed by atoms with Crippen LogP contribution in [0.4, 0.5) is 0 Å². The largest absolute Gasteiger partial charge is 0.316 e. The Hall–Kier alpha value is -0.0400. The first-order valence-corrected chi connectivity index (χ1v) is 8.07. The average Bonchev–Trinajstić information content (AvgIpc) is 3.08. The number of piperidine rings is 1. The van der Waals surface area contributed by atoms with Crippen LogP contribution in [0.2, 0.25) is 0 Å². The molecule has 1 aliphatic heterocycles. The molecule has 1 nitrogen and oxygen atoms in total. The van der Waals surface area contributed by atoms with Gasteiger partial charge in [0.2, 0.25) is 0 Å². The number of hydrogen-bond acceptors (Lipinski definition) is 1. The highest BCUT2D eigenvalue weighted by molar-refractivity contribution is 5.03. The summed E-state index contributed by atoms with van der Waals surface area (Å²) in [4.78, 5) is 0. The maximum atomic E-state index is 3.71. The van der Waals surface area contributed by atoms with Crippen molar-refractivity contribution >= 4 is 0 Å². The Kier molecular flexibility index (Phi) is 3.47. The molecule has 1 N–H and O–H groups in total. The van der Waals surface area contributed by atoms with Crippen LogP contribution in [0.1, 0.15) is 64.7 Å². The van der Waals surface area contributed by atoms with Crippen molar-refractivity contribution in [3.05, 3.63) is 0 Å². The summed E-state index contributed by atoms with van der Waals surface area (Å²) in [6.07, 6.45) is 13.6. The van der Waals surface area contributed by atoms with Crippen LogP contribution in [0.25, 0.3) is 0 Å². The van der Waals surface area contributed by atoms with Crippen molar-refractivity contribution in [3.8, 4) is 0 Å². The molecule has 1 heteroatoms. The Morgan fingerprint density at radius 3 is 2.53 bits per heavy atom. The molecule has 3 aliphatic rings. The SMILES string of the molecule is CCCC1(C2CC2)CCNCC1C1CCCC1. The first-order chi connectivity index (χ1) is 8.37. The van der Waals surface area contributed by atoms with Crippen molar-refractivity contribution in [3.63, 3.8) is 0 Å². The minimum absolute atomic E-state index is 0.759. The quantitative estimate of drug-likeness (QED) is 0.777. The van der Waals surface area contributed by atoms with E-state index in [-0.39, 0.29) is 0 Å². The number of rotatable bonds is 4. The van der Waals surface area contributed by atoms with Gasteiger partial charge in [0.15, 0.2) is 0 Å². The Balaban J connectivity index is 1.80. The lowest BCUT2D eigenvalue weighted by atomic mass is 9.60. The minimum atomic E-state index is 0.759. The molecule has 0 amide bonds. The van der Waals surface area contributed by atoms with Gasteiger partial charge in [0.1, 0.15) is 0 Å². The topological polar surface area (TPSA) is 12.0 Å². The first-order valence-electron chi connectivity index (χ1n) is 8.07. The average molecular weight is 235 g/mol. The van der Waals surface area contributed by atoms with E-state index in [1.54, 1.807) is 12.8 Å². The van der Waals surface area contributed by atoms with E-state index in [0.29, 0.717) is 0 Å². The normalized spacial score (nSPS) is 39.7. The third-order valence-electron chi connectivity index (χ3n) is 5.94. The lowest BCUT2D eigenvalue weighted by molar-refractivity contribution is 0.0277. The monoisotopic (exact) mass is 235 g/mol. The highest BCUT2D eigenvalue weighted by atomic mass is 14.9. The van der Waals surface area contributed by atoms with Gasteiger partial charge in [-0.15, -0.1) is 0 Å². The van der Waals surface area contributed by atoms with E-state index in [1.165, 1.54) is 58.0 Å². The van der Waals surface area contributed by atoms with Gasteiger partial charge < -0.3 is 5.32 Å². The van der Waals surface area contributed by atoms with Crippen molar-refractivity contribution in [2.24, 2.45) is 23.2 Å². The fraction of sp³-hybridized carbons (Fsp3) is 1.00. The third kappa shape index (κ3) is 2.16. The van der Waals surface area contributed by atoms with Gasteiger partial charge in [-0.1, -0.05) is 39.0 Å². The number of nitrogens with one attached hydrogen (secondary N) is 1. The molecule has 0 bridgehead atoms. The summed E-state index contributed by atoms with van der Waals surface area (Å²) in [5.41, 5.74) is 0.759. The second-order valence-electron chi connectivity index (χ2n) is 6.86. The maximum Gasteiger partial charge on any atom is -0.00124 e. The van der Waals surface area contributed by atoms with E-state index < -0.39 is 0 Å². The fourth-order valence-corrected chi connectivity index (χ4v) is 5.11. The van der Waals surface area contributed by atoms with E-state index in [9.17, 15) is 0 Å².